The van der Waals surface area contributed by atoms with Gasteiger partial charge in [0.25, 0.3) is 0 Å². The van der Waals surface area contributed by atoms with E-state index in [1.54, 1.807) is 6.20 Å². The van der Waals surface area contributed by atoms with Crippen molar-refractivity contribution in [2.45, 2.75) is 18.8 Å². The average molecular weight is 388 g/mol. The lowest BCUT2D eigenvalue weighted by atomic mass is 9.82. The minimum absolute atomic E-state index is 0.101. The first-order chi connectivity index (χ1) is 13.6. The van der Waals surface area contributed by atoms with E-state index in [2.05, 4.69) is 20.2 Å². The lowest BCUT2D eigenvalue weighted by molar-refractivity contribution is 0.0398. The van der Waals surface area contributed by atoms with E-state index in [0.29, 0.717) is 35.7 Å². The van der Waals surface area contributed by atoms with E-state index in [1.165, 1.54) is 12.1 Å². The molecule has 1 saturated heterocycles. The molecule has 8 heteroatoms. The number of carbonyl (C=O) groups excluding carboxylic acids is 1. The highest BCUT2D eigenvalue weighted by molar-refractivity contribution is 5.98. The maximum absolute atomic E-state index is 13.6. The molecule has 6 nitrogen and oxygen atoms in total. The van der Waals surface area contributed by atoms with Gasteiger partial charge in [0, 0.05) is 44.9 Å². The number of ketones is 1. The van der Waals surface area contributed by atoms with E-state index in [1.807, 2.05) is 0 Å². The van der Waals surface area contributed by atoms with Crippen LogP contribution in [0.4, 0.5) is 14.7 Å². The summed E-state index contributed by atoms with van der Waals surface area (Å²) in [4.78, 5) is 23.5. The summed E-state index contributed by atoms with van der Waals surface area (Å²) in [5.74, 6) is -1.20. The molecule has 4 rings (SSSR count). The highest BCUT2D eigenvalue weighted by atomic mass is 19.1. The standard InChI is InChI=1S/C20H22F2N4O2/c21-15-7-13(8-16(22)11-15)14-9-18-17(19(27)10-14)12-24-20(25-18)23-1-2-26-3-5-28-6-4-26/h7-8,11-12,14H,1-6,9-10H2,(H,23,24,25)/t14-/m0/s1. The molecule has 0 radical (unpaired) electrons. The SMILES string of the molecule is O=C1C[C@@H](c2cc(F)cc(F)c2)Cc2nc(NCCN3CCOCC3)ncc21. The number of carbonyl (C=O) groups is 1. The summed E-state index contributed by atoms with van der Waals surface area (Å²) >= 11 is 0. The van der Waals surface area contributed by atoms with E-state index in [9.17, 15) is 13.6 Å². The summed E-state index contributed by atoms with van der Waals surface area (Å²) in [5.41, 5.74) is 1.60. The molecule has 28 heavy (non-hydrogen) atoms. The van der Waals surface area contributed by atoms with Gasteiger partial charge in [-0.25, -0.2) is 18.7 Å². The Balaban J connectivity index is 1.44. The summed E-state index contributed by atoms with van der Waals surface area (Å²) in [7, 11) is 0. The quantitative estimate of drug-likeness (QED) is 0.849. The van der Waals surface area contributed by atoms with Crippen molar-refractivity contribution in [3.63, 3.8) is 0 Å². The number of fused-ring (bicyclic) bond motifs is 1. The predicted octanol–water partition coefficient (Wildman–Crippen LogP) is 2.41. The van der Waals surface area contributed by atoms with Gasteiger partial charge in [0.05, 0.1) is 24.5 Å². The molecule has 0 spiro atoms. The molecule has 0 unspecified atom stereocenters. The second-order valence-corrected chi connectivity index (χ2v) is 7.17. The van der Waals surface area contributed by atoms with E-state index < -0.39 is 11.6 Å². The summed E-state index contributed by atoms with van der Waals surface area (Å²) in [5, 5.41) is 3.19. The molecule has 148 valence electrons. The number of nitrogens with one attached hydrogen (secondary N) is 1. The van der Waals surface area contributed by atoms with Crippen LogP contribution in [0, 0.1) is 11.6 Å². The molecule has 1 fully saturated rings. The van der Waals surface area contributed by atoms with Crippen LogP contribution in [0.5, 0.6) is 0 Å². The Kier molecular flexibility index (Phi) is 5.59. The number of Topliss-reactive ketones (excluding diaryl/α,β-unsaturated/α-hetero) is 1. The zero-order chi connectivity index (χ0) is 19.5. The number of aromatic nitrogens is 2. The topological polar surface area (TPSA) is 67.4 Å². The van der Waals surface area contributed by atoms with Crippen molar-refractivity contribution in [1.82, 2.24) is 14.9 Å². The van der Waals surface area contributed by atoms with E-state index in [0.717, 1.165) is 38.9 Å². The van der Waals surface area contributed by atoms with Gasteiger partial charge >= 0.3 is 0 Å². The van der Waals surface area contributed by atoms with Gasteiger partial charge in [-0.05, 0) is 30.0 Å². The van der Waals surface area contributed by atoms with Gasteiger partial charge in [-0.15, -0.1) is 0 Å². The van der Waals surface area contributed by atoms with E-state index >= 15 is 0 Å². The van der Waals surface area contributed by atoms with Gasteiger partial charge in [-0.1, -0.05) is 0 Å². The van der Waals surface area contributed by atoms with Crippen molar-refractivity contribution in [3.8, 4) is 0 Å². The van der Waals surface area contributed by atoms with Crippen molar-refractivity contribution in [2.24, 2.45) is 0 Å². The lowest BCUT2D eigenvalue weighted by Crippen LogP contribution is -2.39. The fourth-order valence-corrected chi connectivity index (χ4v) is 3.73. The van der Waals surface area contributed by atoms with E-state index in [-0.39, 0.29) is 18.1 Å². The van der Waals surface area contributed by atoms with Gasteiger partial charge in [-0.2, -0.15) is 0 Å². The smallest absolute Gasteiger partial charge is 0.222 e. The van der Waals surface area contributed by atoms with Crippen LogP contribution in [-0.4, -0.2) is 60.0 Å². The molecule has 1 aliphatic heterocycles. The molecular formula is C20H22F2N4O2. The van der Waals surface area contributed by atoms with Crippen molar-refractivity contribution in [1.29, 1.82) is 0 Å². The Labute approximate surface area is 161 Å². The number of rotatable bonds is 5. The zero-order valence-electron chi connectivity index (χ0n) is 15.5. The highest BCUT2D eigenvalue weighted by Crippen LogP contribution is 2.32. The first kappa shape index (κ1) is 18.9. The van der Waals surface area contributed by atoms with Crippen molar-refractivity contribution < 1.29 is 18.3 Å². The second kappa shape index (κ2) is 8.28. The summed E-state index contributed by atoms with van der Waals surface area (Å²) in [6, 6.07) is 3.41. The van der Waals surface area contributed by atoms with Crippen molar-refractivity contribution in [2.75, 3.05) is 44.7 Å². The second-order valence-electron chi connectivity index (χ2n) is 7.17. The highest BCUT2D eigenvalue weighted by Gasteiger charge is 2.28. The largest absolute Gasteiger partial charge is 0.379 e. The molecular weight excluding hydrogens is 366 g/mol. The van der Waals surface area contributed by atoms with Gasteiger partial charge in [0.2, 0.25) is 5.95 Å². The number of hydrogen-bond acceptors (Lipinski definition) is 6. The molecule has 2 heterocycles. The average Bonchev–Trinajstić information content (AvgIpc) is 2.68. The third kappa shape index (κ3) is 4.34. The van der Waals surface area contributed by atoms with Crippen LogP contribution >= 0.6 is 0 Å². The van der Waals surface area contributed by atoms with Crippen LogP contribution in [0.15, 0.2) is 24.4 Å². The van der Waals surface area contributed by atoms with Crippen LogP contribution in [-0.2, 0) is 11.2 Å². The predicted molar refractivity (Wildman–Crippen MR) is 99.5 cm³/mol. The Hall–Kier alpha value is -2.45. The summed E-state index contributed by atoms with van der Waals surface area (Å²) < 4.78 is 32.5. The molecule has 1 aliphatic carbocycles. The third-order valence-electron chi connectivity index (χ3n) is 5.21. The minimum Gasteiger partial charge on any atom is -0.379 e. The molecule has 2 aromatic rings. The van der Waals surface area contributed by atoms with Gasteiger partial charge in [0.1, 0.15) is 11.6 Å². The Bertz CT molecular complexity index is 851. The fourth-order valence-electron chi connectivity index (χ4n) is 3.73. The first-order valence-electron chi connectivity index (χ1n) is 9.47. The number of ether oxygens (including phenoxy) is 1. The number of halogens is 2. The molecule has 2 aliphatic rings. The molecule has 1 atom stereocenters. The number of hydrogen-bond donors (Lipinski definition) is 1. The number of benzene rings is 1. The third-order valence-corrected chi connectivity index (χ3v) is 5.21. The first-order valence-corrected chi connectivity index (χ1v) is 9.47. The molecule has 0 saturated carbocycles. The maximum Gasteiger partial charge on any atom is 0.222 e. The van der Waals surface area contributed by atoms with Gasteiger partial charge in [-0.3, -0.25) is 9.69 Å². The van der Waals surface area contributed by atoms with Crippen LogP contribution in [0.1, 0.15) is 34.0 Å². The van der Waals surface area contributed by atoms with Gasteiger partial charge < -0.3 is 10.1 Å². The molecule has 1 aromatic heterocycles. The van der Waals surface area contributed by atoms with Crippen molar-refractivity contribution in [3.05, 3.63) is 52.9 Å². The summed E-state index contributed by atoms with van der Waals surface area (Å²) in [6.45, 7) is 4.86. The molecule has 1 aromatic carbocycles. The Morgan fingerprint density at radius 3 is 2.64 bits per heavy atom. The zero-order valence-corrected chi connectivity index (χ0v) is 15.5. The Morgan fingerprint density at radius 1 is 1.14 bits per heavy atom. The number of nitrogens with zero attached hydrogens (tertiary/aromatic N) is 3. The minimum atomic E-state index is -0.638. The van der Waals surface area contributed by atoms with Crippen LogP contribution in [0.2, 0.25) is 0 Å². The summed E-state index contributed by atoms with van der Waals surface area (Å²) in [6.07, 6.45) is 2.19. The van der Waals surface area contributed by atoms with Crippen LogP contribution in [0.25, 0.3) is 0 Å². The molecule has 0 bridgehead atoms. The Morgan fingerprint density at radius 2 is 1.89 bits per heavy atom. The van der Waals surface area contributed by atoms with Crippen molar-refractivity contribution >= 4 is 11.7 Å². The molecule has 1 N–H and O–H groups in total. The van der Waals surface area contributed by atoms with Gasteiger partial charge in [0.15, 0.2) is 5.78 Å². The molecule has 0 amide bonds. The monoisotopic (exact) mass is 388 g/mol. The maximum atomic E-state index is 13.6. The number of anilines is 1. The lowest BCUT2D eigenvalue weighted by Gasteiger charge is -2.26. The fraction of sp³-hybridized carbons (Fsp3) is 0.450. The van der Waals surface area contributed by atoms with Crippen LogP contribution in [0.3, 0.4) is 0 Å². The van der Waals surface area contributed by atoms with Crippen LogP contribution < -0.4 is 5.32 Å². The van der Waals surface area contributed by atoms with E-state index in [4.69, 9.17) is 4.74 Å². The number of morpholine rings is 1. The normalized spacial score (nSPS) is 20.1.